The van der Waals surface area contributed by atoms with Gasteiger partial charge in [0.15, 0.2) is 5.69 Å². The number of para-hydroxylation sites is 1. The van der Waals surface area contributed by atoms with Gasteiger partial charge >= 0.3 is 0 Å². The standard InChI is InChI=1S/C25H18FN3O2/c1-2-16-28(17-18-12-14-19(26)15-13-18)25(31)23-21-10-6-7-11-22(21)24(30)29(27-23)20-8-4-3-5-9-20/h1,3-15H,16-17H2. The average molecular weight is 411 g/mol. The molecule has 0 fully saturated rings. The molecule has 3 aromatic carbocycles. The second-order valence-corrected chi connectivity index (χ2v) is 6.94. The maximum Gasteiger partial charge on any atom is 0.279 e. The molecule has 0 N–H and O–H groups in total. The molecule has 0 aliphatic heterocycles. The minimum absolute atomic E-state index is 0.0384. The Kier molecular flexibility index (Phi) is 5.59. The molecule has 0 saturated heterocycles. The number of hydrogen-bond donors (Lipinski definition) is 0. The van der Waals surface area contributed by atoms with E-state index in [1.165, 1.54) is 21.7 Å². The highest BCUT2D eigenvalue weighted by Gasteiger charge is 2.22. The highest BCUT2D eigenvalue weighted by atomic mass is 19.1. The van der Waals surface area contributed by atoms with Crippen molar-refractivity contribution in [2.75, 3.05) is 6.54 Å². The molecule has 0 aliphatic carbocycles. The molecule has 0 saturated carbocycles. The molecule has 31 heavy (non-hydrogen) atoms. The monoisotopic (exact) mass is 411 g/mol. The Balaban J connectivity index is 1.84. The van der Waals surface area contributed by atoms with E-state index in [0.717, 1.165) is 5.56 Å². The van der Waals surface area contributed by atoms with Crippen molar-refractivity contribution in [1.82, 2.24) is 14.7 Å². The summed E-state index contributed by atoms with van der Waals surface area (Å²) < 4.78 is 14.5. The Hall–Kier alpha value is -4.24. The van der Waals surface area contributed by atoms with E-state index in [9.17, 15) is 14.0 Å². The number of benzene rings is 3. The first-order valence-corrected chi connectivity index (χ1v) is 9.63. The van der Waals surface area contributed by atoms with Crippen molar-refractivity contribution in [2.24, 2.45) is 0 Å². The van der Waals surface area contributed by atoms with E-state index in [2.05, 4.69) is 11.0 Å². The summed E-state index contributed by atoms with van der Waals surface area (Å²) in [5, 5.41) is 5.25. The van der Waals surface area contributed by atoms with E-state index in [-0.39, 0.29) is 30.2 Å². The summed E-state index contributed by atoms with van der Waals surface area (Å²) in [6.45, 7) is 0.223. The SMILES string of the molecule is C#CCN(Cc1ccc(F)cc1)C(=O)c1nn(-c2ccccc2)c(=O)c2ccccc12. The number of nitrogens with zero attached hydrogens (tertiary/aromatic N) is 3. The molecule has 0 atom stereocenters. The normalized spacial score (nSPS) is 10.6. The third-order valence-corrected chi connectivity index (χ3v) is 4.86. The highest BCUT2D eigenvalue weighted by Crippen LogP contribution is 2.18. The topological polar surface area (TPSA) is 55.2 Å². The largest absolute Gasteiger partial charge is 0.322 e. The highest BCUT2D eigenvalue weighted by molar-refractivity contribution is 6.05. The van der Waals surface area contributed by atoms with Crippen LogP contribution in [-0.2, 0) is 6.54 Å². The lowest BCUT2D eigenvalue weighted by atomic mass is 10.1. The van der Waals surface area contributed by atoms with Crippen LogP contribution in [0.15, 0.2) is 83.7 Å². The second-order valence-electron chi connectivity index (χ2n) is 6.94. The summed E-state index contributed by atoms with van der Waals surface area (Å²) in [7, 11) is 0. The van der Waals surface area contributed by atoms with E-state index < -0.39 is 5.91 Å². The first kappa shape index (κ1) is 20.0. The Morgan fingerprint density at radius 3 is 2.29 bits per heavy atom. The molecule has 6 heteroatoms. The van der Waals surface area contributed by atoms with Gasteiger partial charge in [0.25, 0.3) is 11.5 Å². The van der Waals surface area contributed by atoms with Crippen molar-refractivity contribution in [1.29, 1.82) is 0 Å². The third kappa shape index (κ3) is 4.07. The van der Waals surface area contributed by atoms with Gasteiger partial charge in [-0.1, -0.05) is 54.5 Å². The van der Waals surface area contributed by atoms with E-state index in [1.54, 1.807) is 60.7 Å². The van der Waals surface area contributed by atoms with E-state index in [4.69, 9.17) is 6.42 Å². The van der Waals surface area contributed by atoms with Gasteiger partial charge in [-0.2, -0.15) is 9.78 Å². The number of halogens is 1. The van der Waals surface area contributed by atoms with Crippen LogP contribution in [-0.4, -0.2) is 27.1 Å². The molecule has 1 heterocycles. The molecule has 0 radical (unpaired) electrons. The van der Waals surface area contributed by atoms with Crippen molar-refractivity contribution in [2.45, 2.75) is 6.54 Å². The lowest BCUT2D eigenvalue weighted by molar-refractivity contribution is 0.0760. The summed E-state index contributed by atoms with van der Waals surface area (Å²) in [5.41, 5.74) is 1.08. The summed E-state index contributed by atoms with van der Waals surface area (Å²) in [5.74, 6) is 1.72. The van der Waals surface area contributed by atoms with Crippen LogP contribution in [0.1, 0.15) is 16.1 Å². The lowest BCUT2D eigenvalue weighted by Gasteiger charge is -2.21. The first-order chi connectivity index (χ1) is 15.1. The lowest BCUT2D eigenvalue weighted by Crippen LogP contribution is -2.34. The Bertz CT molecular complexity index is 1340. The van der Waals surface area contributed by atoms with Crippen molar-refractivity contribution < 1.29 is 9.18 Å². The van der Waals surface area contributed by atoms with E-state index in [1.807, 2.05) is 6.07 Å². The average Bonchev–Trinajstić information content (AvgIpc) is 2.81. The van der Waals surface area contributed by atoms with Gasteiger partial charge in [-0.15, -0.1) is 6.42 Å². The fourth-order valence-corrected chi connectivity index (χ4v) is 3.36. The van der Waals surface area contributed by atoms with Gasteiger partial charge in [-0.3, -0.25) is 9.59 Å². The van der Waals surface area contributed by atoms with Crippen LogP contribution in [0.5, 0.6) is 0 Å². The predicted octanol–water partition coefficient (Wildman–Crippen LogP) is 3.80. The van der Waals surface area contributed by atoms with Crippen molar-refractivity contribution in [3.8, 4) is 18.0 Å². The van der Waals surface area contributed by atoms with Crippen molar-refractivity contribution in [3.05, 3.63) is 106 Å². The Morgan fingerprint density at radius 2 is 1.61 bits per heavy atom. The molecular formula is C25H18FN3O2. The Labute approximate surface area is 178 Å². The number of rotatable bonds is 5. The minimum Gasteiger partial charge on any atom is -0.322 e. The zero-order valence-corrected chi connectivity index (χ0v) is 16.5. The van der Waals surface area contributed by atoms with Crippen LogP contribution in [0.25, 0.3) is 16.5 Å². The first-order valence-electron chi connectivity index (χ1n) is 9.63. The number of hydrogen-bond acceptors (Lipinski definition) is 3. The number of fused-ring (bicyclic) bond motifs is 1. The van der Waals surface area contributed by atoms with E-state index >= 15 is 0 Å². The fourth-order valence-electron chi connectivity index (χ4n) is 3.36. The molecule has 0 aliphatic rings. The molecule has 5 nitrogen and oxygen atoms in total. The van der Waals surface area contributed by atoms with Gasteiger partial charge < -0.3 is 4.90 Å². The summed E-state index contributed by atoms with van der Waals surface area (Å²) in [6, 6.07) is 21.6. The second kappa shape index (κ2) is 8.64. The number of carbonyl (C=O) groups excluding carboxylic acids is 1. The summed E-state index contributed by atoms with van der Waals surface area (Å²) >= 11 is 0. The van der Waals surface area contributed by atoms with Gasteiger partial charge in [0.1, 0.15) is 5.82 Å². The Morgan fingerprint density at radius 1 is 0.968 bits per heavy atom. The zero-order chi connectivity index (χ0) is 21.8. The van der Waals surface area contributed by atoms with Gasteiger partial charge in [0.05, 0.1) is 17.6 Å². The smallest absolute Gasteiger partial charge is 0.279 e. The molecular weight excluding hydrogens is 393 g/mol. The van der Waals surface area contributed by atoms with Gasteiger partial charge in [0, 0.05) is 11.9 Å². The quantitative estimate of drug-likeness (QED) is 0.470. The molecule has 1 aromatic heterocycles. The van der Waals surface area contributed by atoms with E-state index in [0.29, 0.717) is 16.5 Å². The number of terminal acetylenes is 1. The predicted molar refractivity (Wildman–Crippen MR) is 117 cm³/mol. The molecule has 1 amide bonds. The molecule has 0 unspecified atom stereocenters. The molecule has 152 valence electrons. The molecule has 0 bridgehead atoms. The molecule has 4 rings (SSSR count). The van der Waals surface area contributed by atoms with Crippen LogP contribution in [0.2, 0.25) is 0 Å². The fraction of sp³-hybridized carbons (Fsp3) is 0.0800. The zero-order valence-electron chi connectivity index (χ0n) is 16.5. The van der Waals surface area contributed by atoms with Gasteiger partial charge in [-0.25, -0.2) is 4.39 Å². The van der Waals surface area contributed by atoms with Gasteiger partial charge in [0.2, 0.25) is 0 Å². The minimum atomic E-state index is -0.414. The van der Waals surface area contributed by atoms with Crippen LogP contribution in [0, 0.1) is 18.2 Å². The maximum absolute atomic E-state index is 13.5. The van der Waals surface area contributed by atoms with Crippen LogP contribution < -0.4 is 5.56 Å². The molecule has 0 spiro atoms. The third-order valence-electron chi connectivity index (χ3n) is 4.86. The summed E-state index contributed by atoms with van der Waals surface area (Å²) in [4.78, 5) is 28.0. The number of amides is 1. The van der Waals surface area contributed by atoms with Crippen molar-refractivity contribution >= 4 is 16.7 Å². The van der Waals surface area contributed by atoms with Crippen LogP contribution in [0.4, 0.5) is 4.39 Å². The van der Waals surface area contributed by atoms with Crippen LogP contribution >= 0.6 is 0 Å². The summed E-state index contributed by atoms with van der Waals surface area (Å²) in [6.07, 6.45) is 5.50. The number of carbonyl (C=O) groups is 1. The molecule has 4 aromatic rings. The maximum atomic E-state index is 13.5. The van der Waals surface area contributed by atoms with Gasteiger partial charge in [-0.05, 0) is 35.9 Å². The number of aromatic nitrogens is 2. The van der Waals surface area contributed by atoms with Crippen molar-refractivity contribution in [3.63, 3.8) is 0 Å². The van der Waals surface area contributed by atoms with Crippen LogP contribution in [0.3, 0.4) is 0 Å².